The number of fused-ring (bicyclic) bond motifs is 1. The van der Waals surface area contributed by atoms with E-state index in [1.54, 1.807) is 7.11 Å². The van der Waals surface area contributed by atoms with Gasteiger partial charge in [-0.3, -0.25) is 0 Å². The van der Waals surface area contributed by atoms with E-state index < -0.39 is 12.7 Å². The van der Waals surface area contributed by atoms with Crippen LogP contribution in [0.3, 0.4) is 0 Å². The third-order valence-corrected chi connectivity index (χ3v) is 2.77. The van der Waals surface area contributed by atoms with E-state index in [-0.39, 0.29) is 6.54 Å². The highest BCUT2D eigenvalue weighted by Crippen LogP contribution is 2.22. The third-order valence-electron chi connectivity index (χ3n) is 2.77. The lowest BCUT2D eigenvalue weighted by atomic mass is 10.1. The molecule has 2 aromatic carbocycles. The maximum Gasteiger partial charge on any atom is 0.401 e. The van der Waals surface area contributed by atoms with Crippen LogP contribution >= 0.6 is 0 Å². The van der Waals surface area contributed by atoms with Gasteiger partial charge in [0.15, 0.2) is 0 Å². The molecule has 5 heteroatoms. The Morgan fingerprint density at radius 2 is 1.74 bits per heavy atom. The summed E-state index contributed by atoms with van der Waals surface area (Å²) in [5.41, 5.74) is 0.821. The van der Waals surface area contributed by atoms with Crippen LogP contribution in [0.5, 0.6) is 5.75 Å². The quantitative estimate of drug-likeness (QED) is 0.917. The molecule has 0 aliphatic carbocycles. The number of halogens is 3. The molecular formula is C14H14F3NO. The fourth-order valence-electron chi connectivity index (χ4n) is 1.86. The zero-order chi connectivity index (χ0) is 13.9. The Labute approximate surface area is 109 Å². The van der Waals surface area contributed by atoms with Crippen molar-refractivity contribution < 1.29 is 17.9 Å². The van der Waals surface area contributed by atoms with Gasteiger partial charge in [0, 0.05) is 6.54 Å². The fourth-order valence-corrected chi connectivity index (χ4v) is 1.86. The van der Waals surface area contributed by atoms with Crippen molar-refractivity contribution in [2.75, 3.05) is 13.7 Å². The molecule has 2 nitrogen and oxygen atoms in total. The Bertz CT molecular complexity index is 566. The monoisotopic (exact) mass is 269 g/mol. The molecule has 0 radical (unpaired) electrons. The number of ether oxygens (including phenoxy) is 1. The van der Waals surface area contributed by atoms with Crippen LogP contribution < -0.4 is 10.1 Å². The predicted octanol–water partition coefficient (Wildman–Crippen LogP) is 3.50. The maximum absolute atomic E-state index is 12.0. The molecule has 0 aliphatic heterocycles. The summed E-state index contributed by atoms with van der Waals surface area (Å²) < 4.78 is 41.2. The van der Waals surface area contributed by atoms with Crippen molar-refractivity contribution in [1.82, 2.24) is 5.32 Å². The van der Waals surface area contributed by atoms with Crippen molar-refractivity contribution in [1.29, 1.82) is 0 Å². The van der Waals surface area contributed by atoms with Gasteiger partial charge in [-0.1, -0.05) is 18.2 Å². The second kappa shape index (κ2) is 5.48. The molecule has 1 N–H and O–H groups in total. The summed E-state index contributed by atoms with van der Waals surface area (Å²) in [5.74, 6) is 0.760. The van der Waals surface area contributed by atoms with Gasteiger partial charge in [-0.15, -0.1) is 0 Å². The first kappa shape index (κ1) is 13.7. The Hall–Kier alpha value is -1.75. The summed E-state index contributed by atoms with van der Waals surface area (Å²) in [5, 5.41) is 4.36. The van der Waals surface area contributed by atoms with Crippen LogP contribution in [0.1, 0.15) is 5.56 Å². The van der Waals surface area contributed by atoms with Crippen LogP contribution in [0.2, 0.25) is 0 Å². The lowest BCUT2D eigenvalue weighted by molar-refractivity contribution is -0.125. The molecule has 0 saturated heterocycles. The van der Waals surface area contributed by atoms with Crippen molar-refractivity contribution in [3.8, 4) is 5.75 Å². The molecule has 0 aliphatic rings. The van der Waals surface area contributed by atoms with E-state index in [4.69, 9.17) is 4.74 Å². The summed E-state index contributed by atoms with van der Waals surface area (Å²) in [6.07, 6.45) is -4.18. The third kappa shape index (κ3) is 3.86. The second-order valence-electron chi connectivity index (χ2n) is 4.27. The Morgan fingerprint density at radius 3 is 2.42 bits per heavy atom. The highest BCUT2D eigenvalue weighted by atomic mass is 19.4. The fraction of sp³-hybridized carbons (Fsp3) is 0.286. The van der Waals surface area contributed by atoms with Crippen LogP contribution in [0.25, 0.3) is 10.8 Å². The molecule has 19 heavy (non-hydrogen) atoms. The molecule has 102 valence electrons. The van der Waals surface area contributed by atoms with E-state index in [0.29, 0.717) is 0 Å². The summed E-state index contributed by atoms with van der Waals surface area (Å²) in [4.78, 5) is 0. The van der Waals surface area contributed by atoms with Gasteiger partial charge in [0.1, 0.15) is 5.75 Å². The number of alkyl halides is 3. The minimum Gasteiger partial charge on any atom is -0.497 e. The average molecular weight is 269 g/mol. The van der Waals surface area contributed by atoms with E-state index in [9.17, 15) is 13.2 Å². The van der Waals surface area contributed by atoms with Gasteiger partial charge in [0.25, 0.3) is 0 Å². The second-order valence-corrected chi connectivity index (χ2v) is 4.27. The van der Waals surface area contributed by atoms with Gasteiger partial charge in [0.2, 0.25) is 0 Å². The molecule has 0 aromatic heterocycles. The van der Waals surface area contributed by atoms with Crippen LogP contribution in [0.15, 0.2) is 36.4 Å². The topological polar surface area (TPSA) is 21.3 Å². The van der Waals surface area contributed by atoms with Crippen molar-refractivity contribution in [3.05, 3.63) is 42.0 Å². The van der Waals surface area contributed by atoms with Crippen LogP contribution in [-0.2, 0) is 6.54 Å². The molecule has 0 amide bonds. The normalized spacial score (nSPS) is 11.8. The van der Waals surface area contributed by atoms with Gasteiger partial charge in [-0.05, 0) is 34.5 Å². The number of rotatable bonds is 4. The van der Waals surface area contributed by atoms with Crippen LogP contribution in [0.4, 0.5) is 13.2 Å². The summed E-state index contributed by atoms with van der Waals surface area (Å²) >= 11 is 0. The number of nitrogens with one attached hydrogen (secondary N) is 1. The van der Waals surface area contributed by atoms with Crippen molar-refractivity contribution in [3.63, 3.8) is 0 Å². The maximum atomic E-state index is 12.0. The Kier molecular flexibility index (Phi) is 3.95. The van der Waals surface area contributed by atoms with E-state index in [1.807, 2.05) is 36.4 Å². The van der Waals surface area contributed by atoms with Crippen molar-refractivity contribution >= 4 is 10.8 Å². The zero-order valence-corrected chi connectivity index (χ0v) is 10.4. The lowest BCUT2D eigenvalue weighted by Gasteiger charge is -2.09. The van der Waals surface area contributed by atoms with Crippen molar-refractivity contribution in [2.24, 2.45) is 0 Å². The van der Waals surface area contributed by atoms with Gasteiger partial charge in [-0.2, -0.15) is 13.2 Å². The summed E-state index contributed by atoms with van der Waals surface area (Å²) in [7, 11) is 1.59. The number of benzene rings is 2. The number of hydrogen-bond acceptors (Lipinski definition) is 2. The number of methoxy groups -OCH3 is 1. The average Bonchev–Trinajstić information content (AvgIpc) is 2.36. The smallest absolute Gasteiger partial charge is 0.401 e. The molecular weight excluding hydrogens is 255 g/mol. The number of hydrogen-bond donors (Lipinski definition) is 1. The van der Waals surface area contributed by atoms with Gasteiger partial charge in [-0.25, -0.2) is 0 Å². The van der Waals surface area contributed by atoms with Crippen LogP contribution in [-0.4, -0.2) is 19.8 Å². The first-order valence-corrected chi connectivity index (χ1v) is 5.82. The highest BCUT2D eigenvalue weighted by molar-refractivity contribution is 5.84. The first-order chi connectivity index (χ1) is 8.98. The van der Waals surface area contributed by atoms with E-state index in [1.165, 1.54) is 0 Å². The van der Waals surface area contributed by atoms with Gasteiger partial charge >= 0.3 is 6.18 Å². The lowest BCUT2D eigenvalue weighted by Crippen LogP contribution is -2.28. The minimum absolute atomic E-state index is 0.196. The zero-order valence-electron chi connectivity index (χ0n) is 10.4. The Morgan fingerprint density at radius 1 is 1.05 bits per heavy atom. The minimum atomic E-state index is -4.18. The molecule has 0 atom stereocenters. The molecule has 2 rings (SSSR count). The molecule has 0 spiro atoms. The molecule has 0 saturated carbocycles. The molecule has 2 aromatic rings. The summed E-state index contributed by atoms with van der Waals surface area (Å²) in [6.45, 7) is -0.783. The molecule has 0 fully saturated rings. The molecule has 0 bridgehead atoms. The first-order valence-electron chi connectivity index (χ1n) is 5.82. The molecule has 0 heterocycles. The van der Waals surface area contributed by atoms with E-state index in [0.717, 1.165) is 22.1 Å². The van der Waals surface area contributed by atoms with Gasteiger partial charge < -0.3 is 10.1 Å². The van der Waals surface area contributed by atoms with Crippen LogP contribution in [0, 0.1) is 0 Å². The standard InChI is InChI=1S/C14H14F3NO/c1-19-13-5-4-11-6-10(2-3-12(11)7-13)8-18-9-14(15,16)17/h2-7,18H,8-9H2,1H3. The van der Waals surface area contributed by atoms with Crippen molar-refractivity contribution in [2.45, 2.75) is 12.7 Å². The Balaban J connectivity index is 2.09. The summed E-state index contributed by atoms with van der Waals surface area (Å²) in [6, 6.07) is 11.2. The largest absolute Gasteiger partial charge is 0.497 e. The van der Waals surface area contributed by atoms with E-state index in [2.05, 4.69) is 5.32 Å². The highest BCUT2D eigenvalue weighted by Gasteiger charge is 2.25. The van der Waals surface area contributed by atoms with E-state index >= 15 is 0 Å². The predicted molar refractivity (Wildman–Crippen MR) is 68.3 cm³/mol. The SMILES string of the molecule is COc1ccc2cc(CNCC(F)(F)F)ccc2c1. The molecule has 0 unspecified atom stereocenters. The van der Waals surface area contributed by atoms with Gasteiger partial charge in [0.05, 0.1) is 13.7 Å².